The number of nitrogens with two attached hydrogens (primary N) is 1. The summed E-state index contributed by atoms with van der Waals surface area (Å²) in [6, 6.07) is 3.95. The van der Waals surface area contributed by atoms with Crippen LogP contribution in [0.15, 0.2) is 24.3 Å². The number of rotatable bonds is 5. The second-order valence-corrected chi connectivity index (χ2v) is 5.02. The first-order chi connectivity index (χ1) is 14.0. The second kappa shape index (κ2) is 13.1. The van der Waals surface area contributed by atoms with Gasteiger partial charge in [0.05, 0.1) is 36.5 Å². The number of nitro groups is 1. The number of benzene rings is 2. The number of phenolic OH excluding ortho intramolecular Hbond substituents is 2. The van der Waals surface area contributed by atoms with Gasteiger partial charge < -0.3 is 40.7 Å². The zero-order valence-corrected chi connectivity index (χ0v) is 16.0. The lowest BCUT2D eigenvalue weighted by Crippen LogP contribution is -2.03. The van der Waals surface area contributed by atoms with E-state index in [1.54, 1.807) is 0 Å². The molecule has 7 N–H and O–H groups in total. The van der Waals surface area contributed by atoms with Crippen molar-refractivity contribution in [3.8, 4) is 23.0 Å². The molecule has 2 aromatic carbocycles. The van der Waals surface area contributed by atoms with Crippen molar-refractivity contribution in [1.29, 1.82) is 0 Å². The fourth-order valence-electron chi connectivity index (χ4n) is 1.98. The quantitative estimate of drug-likeness (QED) is 0.168. The number of nitrogens with zero attached hydrogens (tertiary/aromatic N) is 1. The van der Waals surface area contributed by atoms with Crippen LogP contribution < -0.4 is 15.2 Å². The number of aromatic carboxylic acids is 2. The molecule has 2 aromatic rings. The van der Waals surface area contributed by atoms with E-state index in [0.717, 1.165) is 25.3 Å². The van der Waals surface area contributed by atoms with E-state index in [0.29, 0.717) is 0 Å². The van der Waals surface area contributed by atoms with Crippen LogP contribution in [0.4, 0.5) is 11.4 Å². The first-order valence-corrected chi connectivity index (χ1v) is 7.66. The molecule has 2 rings (SSSR count). The molecule has 0 fully saturated rings. The lowest BCUT2D eigenvalue weighted by molar-refractivity contribution is -0.385. The number of nitrogen functional groups attached to an aromatic ring is 1. The number of aromatic hydroxyl groups is 2. The molecule has 0 bridgehead atoms. The van der Waals surface area contributed by atoms with Gasteiger partial charge in [-0.05, 0) is 0 Å². The van der Waals surface area contributed by atoms with Crippen LogP contribution in [-0.4, -0.2) is 63.7 Å². The van der Waals surface area contributed by atoms with Crippen molar-refractivity contribution >= 4 is 23.3 Å². The Morgan fingerprint density at radius 1 is 0.903 bits per heavy atom. The summed E-state index contributed by atoms with van der Waals surface area (Å²) in [5.74, 6) is -3.36. The minimum Gasteiger partial charge on any atom is -0.504 e. The zero-order chi connectivity index (χ0) is 23.6. The predicted octanol–water partition coefficient (Wildman–Crippen LogP) is 1.93. The van der Waals surface area contributed by atoms with Gasteiger partial charge in [0.25, 0.3) is 5.69 Å². The smallest absolute Gasteiger partial charge is 0.342 e. The third-order valence-corrected chi connectivity index (χ3v) is 3.31. The SMILES string of the molecule is C.CO.COc1cc(N)c(C(=O)O)cc1O.COc1cc([N+](=O)[O-])c(C(=O)O)cc1O. The number of carboxylic acid groups (broad SMARTS) is 2. The monoisotopic (exact) mass is 444 g/mol. The molecule has 0 aromatic heterocycles. The van der Waals surface area contributed by atoms with Crippen LogP contribution in [0.2, 0.25) is 0 Å². The van der Waals surface area contributed by atoms with E-state index >= 15 is 0 Å². The maximum Gasteiger partial charge on any atom is 0.342 e. The van der Waals surface area contributed by atoms with Crippen LogP contribution in [0.5, 0.6) is 23.0 Å². The lowest BCUT2D eigenvalue weighted by Gasteiger charge is -2.06. The number of aliphatic hydroxyl groups excluding tert-OH is 1. The van der Waals surface area contributed by atoms with Crippen LogP contribution >= 0.6 is 0 Å². The van der Waals surface area contributed by atoms with Gasteiger partial charge in [0.1, 0.15) is 5.56 Å². The average Bonchev–Trinajstić information content (AvgIpc) is 2.70. The highest BCUT2D eigenvalue weighted by Crippen LogP contribution is 2.33. The molecule has 172 valence electrons. The third-order valence-electron chi connectivity index (χ3n) is 3.31. The molecule has 0 radical (unpaired) electrons. The van der Waals surface area contributed by atoms with Crippen molar-refractivity contribution in [2.75, 3.05) is 27.1 Å². The van der Waals surface area contributed by atoms with Gasteiger partial charge in [-0.15, -0.1) is 0 Å². The number of carboxylic acids is 2. The number of ether oxygens (including phenoxy) is 2. The van der Waals surface area contributed by atoms with E-state index in [4.69, 9.17) is 25.8 Å². The molecule has 0 unspecified atom stereocenters. The first kappa shape index (κ1) is 28.9. The molecule has 0 atom stereocenters. The molecular weight excluding hydrogens is 420 g/mol. The largest absolute Gasteiger partial charge is 0.504 e. The normalized spacial score (nSPS) is 8.90. The molecule has 0 heterocycles. The average molecular weight is 444 g/mol. The Hall–Kier alpha value is -4.26. The molecule has 13 heteroatoms. The summed E-state index contributed by atoms with van der Waals surface area (Å²) in [5.41, 5.74) is 4.10. The predicted molar refractivity (Wildman–Crippen MR) is 109 cm³/mol. The van der Waals surface area contributed by atoms with E-state index < -0.39 is 33.9 Å². The lowest BCUT2D eigenvalue weighted by atomic mass is 10.1. The van der Waals surface area contributed by atoms with Gasteiger partial charge in [0.15, 0.2) is 23.0 Å². The van der Waals surface area contributed by atoms with E-state index in [1.807, 2.05) is 0 Å². The fraction of sp³-hybridized carbons (Fsp3) is 0.222. The highest BCUT2D eigenvalue weighted by atomic mass is 16.6. The molecular formula is C18H24N2O11. The van der Waals surface area contributed by atoms with Crippen molar-refractivity contribution < 1.29 is 49.5 Å². The fourth-order valence-corrected chi connectivity index (χ4v) is 1.98. The summed E-state index contributed by atoms with van der Waals surface area (Å²) in [5, 5.41) is 53.2. The van der Waals surface area contributed by atoms with Gasteiger partial charge in [-0.1, -0.05) is 7.43 Å². The minimum absolute atomic E-state index is 0. The molecule has 0 amide bonds. The Morgan fingerprint density at radius 3 is 1.65 bits per heavy atom. The van der Waals surface area contributed by atoms with E-state index in [1.165, 1.54) is 20.3 Å². The van der Waals surface area contributed by atoms with Crippen LogP contribution in [0.1, 0.15) is 28.1 Å². The standard InChI is InChI=1S/C8H7NO6.C8H9NO4.CH4O.CH4/c1-15-7-3-5(9(13)14)4(8(11)12)2-6(7)10;1-13-7-3-5(9)4(8(11)12)2-6(7)10;1-2;/h2-3,10H,1H3,(H,11,12);2-3,10H,9H2,1H3,(H,11,12);2H,1H3;1H4. The maximum absolute atomic E-state index is 10.6. The van der Waals surface area contributed by atoms with Crippen molar-refractivity contribution in [2.24, 2.45) is 0 Å². The van der Waals surface area contributed by atoms with Gasteiger partial charge in [-0.25, -0.2) is 9.59 Å². The molecule has 0 saturated heterocycles. The van der Waals surface area contributed by atoms with Gasteiger partial charge in [0, 0.05) is 25.3 Å². The Kier molecular flexibility index (Phi) is 12.2. The Morgan fingerprint density at radius 2 is 1.29 bits per heavy atom. The third kappa shape index (κ3) is 7.58. The minimum atomic E-state index is -1.49. The first-order valence-electron chi connectivity index (χ1n) is 7.66. The molecule has 0 aliphatic carbocycles. The van der Waals surface area contributed by atoms with Crippen LogP contribution in [-0.2, 0) is 0 Å². The number of methoxy groups -OCH3 is 2. The Balaban J connectivity index is 0. The highest BCUT2D eigenvalue weighted by Gasteiger charge is 2.23. The van der Waals surface area contributed by atoms with E-state index in [-0.39, 0.29) is 35.9 Å². The number of hydrogen-bond donors (Lipinski definition) is 6. The number of carbonyl (C=O) groups is 2. The summed E-state index contributed by atoms with van der Waals surface area (Å²) < 4.78 is 9.36. The van der Waals surface area contributed by atoms with E-state index in [2.05, 4.69) is 4.74 Å². The van der Waals surface area contributed by atoms with Gasteiger partial charge >= 0.3 is 11.9 Å². The molecule has 0 aliphatic rings. The Labute approximate surface area is 176 Å². The van der Waals surface area contributed by atoms with Crippen LogP contribution in [0.25, 0.3) is 0 Å². The molecule has 0 spiro atoms. The summed E-state index contributed by atoms with van der Waals surface area (Å²) >= 11 is 0. The highest BCUT2D eigenvalue weighted by molar-refractivity contribution is 5.95. The van der Waals surface area contributed by atoms with Gasteiger partial charge in [0.2, 0.25) is 0 Å². The van der Waals surface area contributed by atoms with Crippen molar-refractivity contribution in [3.05, 3.63) is 45.5 Å². The van der Waals surface area contributed by atoms with Crippen molar-refractivity contribution in [1.82, 2.24) is 0 Å². The molecule has 13 nitrogen and oxygen atoms in total. The Bertz CT molecular complexity index is 929. The molecule has 0 saturated carbocycles. The number of nitro benzene ring substituents is 1. The van der Waals surface area contributed by atoms with E-state index in [9.17, 15) is 29.9 Å². The van der Waals surface area contributed by atoms with Crippen molar-refractivity contribution in [3.63, 3.8) is 0 Å². The summed E-state index contributed by atoms with van der Waals surface area (Å²) in [6.45, 7) is 0. The van der Waals surface area contributed by atoms with Crippen molar-refractivity contribution in [2.45, 2.75) is 7.43 Å². The number of anilines is 1. The van der Waals surface area contributed by atoms with Gasteiger partial charge in [-0.3, -0.25) is 10.1 Å². The second-order valence-electron chi connectivity index (χ2n) is 5.02. The number of phenols is 2. The summed E-state index contributed by atoms with van der Waals surface area (Å²) in [4.78, 5) is 30.8. The maximum atomic E-state index is 10.6. The molecule has 0 aliphatic heterocycles. The van der Waals surface area contributed by atoms with Crippen LogP contribution in [0, 0.1) is 10.1 Å². The summed E-state index contributed by atoms with van der Waals surface area (Å²) in [7, 11) is 3.56. The topological polar surface area (TPSA) is 223 Å². The number of aliphatic hydroxyl groups is 1. The van der Waals surface area contributed by atoms with Crippen LogP contribution in [0.3, 0.4) is 0 Å². The number of hydrogen-bond acceptors (Lipinski definition) is 10. The molecule has 31 heavy (non-hydrogen) atoms. The zero-order valence-electron chi connectivity index (χ0n) is 16.0. The van der Waals surface area contributed by atoms with Gasteiger partial charge in [-0.2, -0.15) is 0 Å². The summed E-state index contributed by atoms with van der Waals surface area (Å²) in [6.07, 6.45) is 0.